The van der Waals surface area contributed by atoms with Gasteiger partial charge in [-0.15, -0.1) is 0 Å². The van der Waals surface area contributed by atoms with Crippen LogP contribution in [0.2, 0.25) is 0 Å². The Hall–Kier alpha value is -2.13. The van der Waals surface area contributed by atoms with Crippen LogP contribution in [-0.2, 0) is 14.8 Å². The van der Waals surface area contributed by atoms with E-state index in [0.29, 0.717) is 4.31 Å². The molecule has 9 heteroatoms. The topological polar surface area (TPSA) is 127 Å². The lowest BCUT2D eigenvalue weighted by Gasteiger charge is -2.21. The van der Waals surface area contributed by atoms with Crippen molar-refractivity contribution in [3.63, 3.8) is 0 Å². The molecule has 1 amide bonds. The van der Waals surface area contributed by atoms with E-state index < -0.39 is 27.9 Å². The zero-order valence-corrected chi connectivity index (χ0v) is 12.5. The summed E-state index contributed by atoms with van der Waals surface area (Å²) in [5.41, 5.74) is 5.06. The van der Waals surface area contributed by atoms with Crippen LogP contribution in [0, 0.1) is 0 Å². The van der Waals surface area contributed by atoms with E-state index in [1.54, 1.807) is 0 Å². The van der Waals surface area contributed by atoms with Crippen molar-refractivity contribution in [2.45, 2.75) is 17.9 Å². The normalized spacial score (nSPS) is 13.0. The quantitative estimate of drug-likeness (QED) is 0.753. The number of aliphatic carboxylic acids is 1. The average molecular weight is 316 g/mol. The van der Waals surface area contributed by atoms with Gasteiger partial charge in [0.05, 0.1) is 17.6 Å². The molecule has 3 N–H and O–H groups in total. The van der Waals surface area contributed by atoms with E-state index in [1.165, 1.54) is 26.2 Å². The highest BCUT2D eigenvalue weighted by Gasteiger charge is 2.30. The smallest absolute Gasteiger partial charge is 0.321 e. The van der Waals surface area contributed by atoms with Crippen molar-refractivity contribution >= 4 is 21.9 Å². The van der Waals surface area contributed by atoms with Crippen LogP contribution in [0.5, 0.6) is 5.75 Å². The van der Waals surface area contributed by atoms with E-state index in [-0.39, 0.29) is 16.2 Å². The van der Waals surface area contributed by atoms with Crippen LogP contribution in [0.25, 0.3) is 0 Å². The first kappa shape index (κ1) is 16.9. The van der Waals surface area contributed by atoms with Crippen LogP contribution in [0.15, 0.2) is 23.1 Å². The van der Waals surface area contributed by atoms with Gasteiger partial charge < -0.3 is 15.6 Å². The molecule has 1 aromatic rings. The minimum absolute atomic E-state index is 0.102. The van der Waals surface area contributed by atoms with Gasteiger partial charge in [-0.1, -0.05) is 0 Å². The molecule has 1 rings (SSSR count). The molecule has 0 saturated heterocycles. The number of carbonyl (C=O) groups is 2. The van der Waals surface area contributed by atoms with Crippen LogP contribution >= 0.6 is 0 Å². The minimum Gasteiger partial charge on any atom is -0.496 e. The Morgan fingerprint density at radius 3 is 2.38 bits per heavy atom. The molecule has 8 nitrogen and oxygen atoms in total. The van der Waals surface area contributed by atoms with Crippen molar-refractivity contribution in [2.24, 2.45) is 5.73 Å². The highest BCUT2D eigenvalue weighted by molar-refractivity contribution is 7.89. The molecule has 1 aromatic carbocycles. The molecule has 1 unspecified atom stereocenters. The van der Waals surface area contributed by atoms with Crippen molar-refractivity contribution in [1.29, 1.82) is 0 Å². The lowest BCUT2D eigenvalue weighted by Crippen LogP contribution is -2.40. The zero-order valence-electron chi connectivity index (χ0n) is 11.7. The van der Waals surface area contributed by atoms with Crippen molar-refractivity contribution < 1.29 is 27.9 Å². The second kappa shape index (κ2) is 6.10. The molecule has 0 heterocycles. The minimum atomic E-state index is -4.08. The molecule has 0 saturated carbocycles. The fourth-order valence-corrected chi connectivity index (χ4v) is 2.92. The standard InChI is InChI=1S/C12H16N2O6S/c1-7(12(16)17)14(2)21(18,19)8-4-5-10(20-3)9(6-8)11(13)15/h4-7H,1-3H3,(H2,13,15)(H,16,17). The molecule has 21 heavy (non-hydrogen) atoms. The second-order valence-corrected chi connectivity index (χ2v) is 6.26. The Balaban J connectivity index is 3.36. The maximum Gasteiger partial charge on any atom is 0.321 e. The number of nitrogens with two attached hydrogens (primary N) is 1. The fourth-order valence-electron chi connectivity index (χ4n) is 1.57. The van der Waals surface area contributed by atoms with Gasteiger partial charge in [-0.25, -0.2) is 8.42 Å². The van der Waals surface area contributed by atoms with Gasteiger partial charge in [0.15, 0.2) is 0 Å². The molecule has 1 atom stereocenters. The van der Waals surface area contributed by atoms with Gasteiger partial charge in [-0.05, 0) is 25.1 Å². The molecule has 0 aliphatic carbocycles. The summed E-state index contributed by atoms with van der Waals surface area (Å²) in [6.45, 7) is 1.23. The summed E-state index contributed by atoms with van der Waals surface area (Å²) in [6.07, 6.45) is 0. The summed E-state index contributed by atoms with van der Waals surface area (Å²) in [7, 11) is -1.62. The van der Waals surface area contributed by atoms with Crippen LogP contribution in [0.4, 0.5) is 0 Å². The average Bonchev–Trinajstić information content (AvgIpc) is 2.44. The van der Waals surface area contributed by atoms with E-state index in [1.807, 2.05) is 0 Å². The zero-order chi connectivity index (χ0) is 16.4. The largest absolute Gasteiger partial charge is 0.496 e. The molecule has 0 bridgehead atoms. The first-order chi connectivity index (χ1) is 9.62. The van der Waals surface area contributed by atoms with Gasteiger partial charge in [0.2, 0.25) is 10.0 Å². The lowest BCUT2D eigenvalue weighted by atomic mass is 10.2. The summed E-state index contributed by atoms with van der Waals surface area (Å²) in [6, 6.07) is 2.30. The van der Waals surface area contributed by atoms with E-state index in [4.69, 9.17) is 15.6 Å². The highest BCUT2D eigenvalue weighted by atomic mass is 32.2. The molecule has 0 radical (unpaired) electrons. The number of likely N-dealkylation sites (N-methyl/N-ethyl adjacent to an activating group) is 1. The maximum absolute atomic E-state index is 12.3. The van der Waals surface area contributed by atoms with E-state index in [9.17, 15) is 18.0 Å². The Bertz CT molecular complexity index is 670. The van der Waals surface area contributed by atoms with Crippen molar-refractivity contribution in [2.75, 3.05) is 14.2 Å². The highest BCUT2D eigenvalue weighted by Crippen LogP contribution is 2.24. The van der Waals surface area contributed by atoms with E-state index in [0.717, 1.165) is 13.1 Å². The van der Waals surface area contributed by atoms with Gasteiger partial charge in [0.1, 0.15) is 11.8 Å². The summed E-state index contributed by atoms with van der Waals surface area (Å²) >= 11 is 0. The van der Waals surface area contributed by atoms with Gasteiger partial charge in [0, 0.05) is 7.05 Å². The number of carboxylic acids is 1. The molecular weight excluding hydrogens is 300 g/mol. The summed E-state index contributed by atoms with van der Waals surface area (Å²) < 4.78 is 30.3. The Kier molecular flexibility index (Phi) is 4.92. The number of carboxylic acid groups (broad SMARTS) is 1. The molecule has 116 valence electrons. The number of methoxy groups -OCH3 is 1. The summed E-state index contributed by atoms with van der Waals surface area (Å²) in [5.74, 6) is -2.00. The third kappa shape index (κ3) is 3.31. The predicted molar refractivity (Wildman–Crippen MR) is 73.6 cm³/mol. The van der Waals surface area contributed by atoms with Crippen LogP contribution in [0.1, 0.15) is 17.3 Å². The van der Waals surface area contributed by atoms with Crippen molar-refractivity contribution in [3.05, 3.63) is 23.8 Å². The van der Waals surface area contributed by atoms with Crippen molar-refractivity contribution in [1.82, 2.24) is 4.31 Å². The molecule has 0 spiro atoms. The molecule has 0 aliphatic heterocycles. The lowest BCUT2D eigenvalue weighted by molar-refractivity contribution is -0.140. The van der Waals surface area contributed by atoms with Crippen LogP contribution in [-0.4, -0.2) is 49.9 Å². The SMILES string of the molecule is COc1ccc(S(=O)(=O)N(C)C(C)C(=O)O)cc1C(N)=O. The summed E-state index contributed by atoms with van der Waals surface area (Å²) in [5, 5.41) is 8.89. The van der Waals surface area contributed by atoms with Gasteiger partial charge >= 0.3 is 5.97 Å². The number of sulfonamides is 1. The monoisotopic (exact) mass is 316 g/mol. The maximum atomic E-state index is 12.3. The van der Waals surface area contributed by atoms with Crippen LogP contribution in [0.3, 0.4) is 0 Å². The number of nitrogens with zero attached hydrogens (tertiary/aromatic N) is 1. The third-order valence-electron chi connectivity index (χ3n) is 3.02. The third-order valence-corrected chi connectivity index (χ3v) is 4.94. The number of primary amides is 1. The van der Waals surface area contributed by atoms with Gasteiger partial charge in [-0.3, -0.25) is 9.59 Å². The van der Waals surface area contributed by atoms with E-state index in [2.05, 4.69) is 0 Å². The Labute approximate surface area is 122 Å². The fraction of sp³-hybridized carbons (Fsp3) is 0.333. The van der Waals surface area contributed by atoms with Gasteiger partial charge in [-0.2, -0.15) is 4.31 Å². The second-order valence-electron chi connectivity index (χ2n) is 4.26. The summed E-state index contributed by atoms with van der Waals surface area (Å²) in [4.78, 5) is 22.0. The Morgan fingerprint density at radius 1 is 1.38 bits per heavy atom. The number of amides is 1. The van der Waals surface area contributed by atoms with Crippen molar-refractivity contribution in [3.8, 4) is 5.75 Å². The number of ether oxygens (including phenoxy) is 1. The number of hydrogen-bond acceptors (Lipinski definition) is 5. The molecule has 0 aliphatic rings. The number of carbonyl (C=O) groups excluding carboxylic acids is 1. The van der Waals surface area contributed by atoms with Crippen LogP contribution < -0.4 is 10.5 Å². The molecule has 0 fully saturated rings. The number of benzene rings is 1. The first-order valence-corrected chi connectivity index (χ1v) is 7.25. The number of hydrogen-bond donors (Lipinski definition) is 2. The predicted octanol–water partition coefficient (Wildman–Crippen LogP) is -0.112. The van der Waals surface area contributed by atoms with E-state index >= 15 is 0 Å². The first-order valence-electron chi connectivity index (χ1n) is 5.81. The number of rotatable bonds is 6. The molecular formula is C12H16N2O6S. The molecule has 0 aromatic heterocycles. The van der Waals surface area contributed by atoms with Gasteiger partial charge in [0.25, 0.3) is 5.91 Å². The Morgan fingerprint density at radius 2 is 1.95 bits per heavy atom.